The maximum atomic E-state index is 5.08. The number of hydrogen-bond donors (Lipinski definition) is 0. The van der Waals surface area contributed by atoms with E-state index in [1.54, 1.807) is 7.11 Å². The number of rotatable bonds is 5. The van der Waals surface area contributed by atoms with Gasteiger partial charge in [0.15, 0.2) is 0 Å². The normalized spacial score (nSPS) is 11.4. The summed E-state index contributed by atoms with van der Waals surface area (Å²) in [7, 11) is 1.73. The lowest BCUT2D eigenvalue weighted by molar-refractivity contribution is -0.129. The molecule has 0 amide bonds. The number of nitrogens with zero attached hydrogens (tertiary/aromatic N) is 1. The van der Waals surface area contributed by atoms with Gasteiger partial charge in [-0.3, -0.25) is 0 Å². The highest BCUT2D eigenvalue weighted by Gasteiger charge is 2.00. The molecule has 0 atom stereocenters. The van der Waals surface area contributed by atoms with E-state index in [0.29, 0.717) is 0 Å². The third-order valence-corrected chi connectivity index (χ3v) is 1.57. The highest BCUT2D eigenvalue weighted by Crippen LogP contribution is 2.01. The highest BCUT2D eigenvalue weighted by atomic mass is 16.7. The average molecular weight is 145 g/mol. The van der Waals surface area contributed by atoms with Gasteiger partial charge in [0.05, 0.1) is 7.11 Å². The Morgan fingerprint density at radius 1 is 1.40 bits per heavy atom. The van der Waals surface area contributed by atoms with Crippen molar-refractivity contribution in [3.63, 3.8) is 0 Å². The van der Waals surface area contributed by atoms with Gasteiger partial charge in [-0.2, -0.15) is 5.06 Å². The summed E-state index contributed by atoms with van der Waals surface area (Å²) in [6.07, 6.45) is 1.21. The minimum absolute atomic E-state index is 0.768. The van der Waals surface area contributed by atoms with Crippen molar-refractivity contribution in [2.45, 2.75) is 27.2 Å². The van der Waals surface area contributed by atoms with Gasteiger partial charge < -0.3 is 4.84 Å². The van der Waals surface area contributed by atoms with Gasteiger partial charge in [-0.15, -0.1) is 0 Å². The third kappa shape index (κ3) is 4.77. The minimum Gasteiger partial charge on any atom is -0.302 e. The Bertz CT molecular complexity index is 69.7. The predicted molar refractivity (Wildman–Crippen MR) is 43.7 cm³/mol. The van der Waals surface area contributed by atoms with Crippen LogP contribution < -0.4 is 0 Å². The van der Waals surface area contributed by atoms with E-state index in [9.17, 15) is 0 Å². The molecule has 62 valence electrons. The first-order valence-electron chi connectivity index (χ1n) is 3.99. The molecular weight excluding hydrogens is 126 g/mol. The Labute approximate surface area is 64.1 Å². The highest BCUT2D eigenvalue weighted by molar-refractivity contribution is 4.47. The fraction of sp³-hybridized carbons (Fsp3) is 1.00. The zero-order chi connectivity index (χ0) is 7.98. The number of hydroxylamine groups is 2. The molecule has 0 fully saturated rings. The molecule has 0 aliphatic carbocycles. The molecule has 0 unspecified atom stereocenters. The molecule has 0 heterocycles. The van der Waals surface area contributed by atoms with Gasteiger partial charge in [-0.25, -0.2) is 0 Å². The monoisotopic (exact) mass is 145 g/mol. The van der Waals surface area contributed by atoms with Crippen molar-refractivity contribution in [1.29, 1.82) is 0 Å². The molecule has 0 aliphatic rings. The molecule has 0 saturated carbocycles. The first kappa shape index (κ1) is 9.92. The molecule has 0 aromatic carbocycles. The first-order chi connectivity index (χ1) is 4.70. The molecule has 0 aromatic heterocycles. The molecule has 0 radical (unpaired) electrons. The molecule has 0 saturated heterocycles. The molecule has 0 rings (SSSR count). The van der Waals surface area contributed by atoms with Gasteiger partial charge in [-0.05, 0) is 12.3 Å². The van der Waals surface area contributed by atoms with Crippen LogP contribution in [0.5, 0.6) is 0 Å². The lowest BCUT2D eigenvalue weighted by Gasteiger charge is -2.17. The molecule has 0 spiro atoms. The minimum atomic E-state index is 0.768. The van der Waals surface area contributed by atoms with Crippen molar-refractivity contribution in [2.75, 3.05) is 20.2 Å². The quantitative estimate of drug-likeness (QED) is 0.548. The molecule has 0 aromatic rings. The van der Waals surface area contributed by atoms with Crippen molar-refractivity contribution in [2.24, 2.45) is 5.92 Å². The van der Waals surface area contributed by atoms with Gasteiger partial charge in [0, 0.05) is 13.1 Å². The SMILES string of the molecule is CCN(CCC(C)C)OC. The topological polar surface area (TPSA) is 12.5 Å². The van der Waals surface area contributed by atoms with Crippen molar-refractivity contribution < 1.29 is 4.84 Å². The van der Waals surface area contributed by atoms with Crippen LogP contribution in [0.15, 0.2) is 0 Å². The molecular formula is C8H19NO. The summed E-state index contributed by atoms with van der Waals surface area (Å²) in [5, 5.41) is 1.97. The van der Waals surface area contributed by atoms with E-state index in [4.69, 9.17) is 4.84 Å². The van der Waals surface area contributed by atoms with Crippen LogP contribution in [0, 0.1) is 5.92 Å². The van der Waals surface area contributed by atoms with Gasteiger partial charge in [0.1, 0.15) is 0 Å². The number of hydrogen-bond acceptors (Lipinski definition) is 2. The molecule has 0 bridgehead atoms. The van der Waals surface area contributed by atoms with Crippen LogP contribution in [0.1, 0.15) is 27.2 Å². The fourth-order valence-corrected chi connectivity index (χ4v) is 0.781. The van der Waals surface area contributed by atoms with E-state index in [1.807, 2.05) is 5.06 Å². The van der Waals surface area contributed by atoms with Crippen LogP contribution >= 0.6 is 0 Å². The summed E-state index contributed by atoms with van der Waals surface area (Å²) in [6.45, 7) is 8.57. The van der Waals surface area contributed by atoms with Crippen LogP contribution in [0.4, 0.5) is 0 Å². The fourth-order valence-electron chi connectivity index (χ4n) is 0.781. The smallest absolute Gasteiger partial charge is 0.0575 e. The maximum Gasteiger partial charge on any atom is 0.0575 e. The van der Waals surface area contributed by atoms with E-state index >= 15 is 0 Å². The Kier molecular flexibility index (Phi) is 5.64. The van der Waals surface area contributed by atoms with E-state index in [1.165, 1.54) is 6.42 Å². The maximum absolute atomic E-state index is 5.08. The van der Waals surface area contributed by atoms with Crippen LogP contribution in [-0.4, -0.2) is 25.3 Å². The van der Waals surface area contributed by atoms with Crippen LogP contribution in [0.25, 0.3) is 0 Å². The summed E-state index contributed by atoms with van der Waals surface area (Å²) in [4.78, 5) is 5.08. The standard InChI is InChI=1S/C8H19NO/c1-5-9(10-4)7-6-8(2)3/h8H,5-7H2,1-4H3. The van der Waals surface area contributed by atoms with Crippen LogP contribution in [0.2, 0.25) is 0 Å². The van der Waals surface area contributed by atoms with Gasteiger partial charge in [0.2, 0.25) is 0 Å². The van der Waals surface area contributed by atoms with Crippen molar-refractivity contribution in [3.8, 4) is 0 Å². The molecule has 0 N–H and O–H groups in total. The summed E-state index contributed by atoms with van der Waals surface area (Å²) in [5.41, 5.74) is 0. The molecule has 2 nitrogen and oxygen atoms in total. The van der Waals surface area contributed by atoms with Crippen LogP contribution in [-0.2, 0) is 4.84 Å². The van der Waals surface area contributed by atoms with Gasteiger partial charge in [-0.1, -0.05) is 20.8 Å². The lowest BCUT2D eigenvalue weighted by atomic mass is 10.1. The Balaban J connectivity index is 3.26. The molecule has 10 heavy (non-hydrogen) atoms. The lowest BCUT2D eigenvalue weighted by Crippen LogP contribution is -2.23. The zero-order valence-electron chi connectivity index (χ0n) is 7.55. The third-order valence-electron chi connectivity index (χ3n) is 1.57. The first-order valence-corrected chi connectivity index (χ1v) is 3.99. The van der Waals surface area contributed by atoms with Crippen molar-refractivity contribution in [1.82, 2.24) is 5.06 Å². The van der Waals surface area contributed by atoms with E-state index < -0.39 is 0 Å². The summed E-state index contributed by atoms with van der Waals surface area (Å²) in [6, 6.07) is 0. The summed E-state index contributed by atoms with van der Waals surface area (Å²) in [5.74, 6) is 0.768. The second-order valence-electron chi connectivity index (χ2n) is 2.89. The summed E-state index contributed by atoms with van der Waals surface area (Å²) >= 11 is 0. The van der Waals surface area contributed by atoms with Crippen LogP contribution in [0.3, 0.4) is 0 Å². The molecule has 0 aliphatic heterocycles. The zero-order valence-corrected chi connectivity index (χ0v) is 7.55. The average Bonchev–Trinajstić information content (AvgIpc) is 1.90. The van der Waals surface area contributed by atoms with Crippen molar-refractivity contribution >= 4 is 0 Å². The van der Waals surface area contributed by atoms with E-state index in [0.717, 1.165) is 19.0 Å². The van der Waals surface area contributed by atoms with Gasteiger partial charge >= 0.3 is 0 Å². The molecule has 2 heteroatoms. The van der Waals surface area contributed by atoms with E-state index in [2.05, 4.69) is 20.8 Å². The summed E-state index contributed by atoms with van der Waals surface area (Å²) < 4.78 is 0. The Morgan fingerprint density at radius 2 is 2.00 bits per heavy atom. The second-order valence-corrected chi connectivity index (χ2v) is 2.89. The Hall–Kier alpha value is -0.0800. The second kappa shape index (κ2) is 5.69. The van der Waals surface area contributed by atoms with Gasteiger partial charge in [0.25, 0.3) is 0 Å². The predicted octanol–water partition coefficient (Wildman–Crippen LogP) is 1.92. The largest absolute Gasteiger partial charge is 0.302 e. The van der Waals surface area contributed by atoms with Crippen molar-refractivity contribution in [3.05, 3.63) is 0 Å². The van der Waals surface area contributed by atoms with E-state index in [-0.39, 0.29) is 0 Å². The Morgan fingerprint density at radius 3 is 2.30 bits per heavy atom.